The van der Waals surface area contributed by atoms with Crippen molar-refractivity contribution in [1.82, 2.24) is 13.8 Å². The maximum atomic E-state index is 4.54. The second-order valence-electron chi connectivity index (χ2n) is 3.52. The maximum Gasteiger partial charge on any atom is 0.213 e. The Balaban J connectivity index is 2.19. The lowest BCUT2D eigenvalue weighted by molar-refractivity contribution is 1.07. The molecule has 0 aliphatic carbocycles. The molecule has 0 saturated heterocycles. The second kappa shape index (κ2) is 3.68. The summed E-state index contributed by atoms with van der Waals surface area (Å²) in [6, 6.07) is 8.14. The molecule has 2 aromatic heterocycles. The predicted octanol–water partition coefficient (Wildman–Crippen LogP) is 3.53. The summed E-state index contributed by atoms with van der Waals surface area (Å²) < 4.78 is 7.32. The smallest absolute Gasteiger partial charge is 0.213 e. The summed E-state index contributed by atoms with van der Waals surface area (Å²) in [4.78, 5) is 5.48. The Bertz CT molecular complexity index is 656. The number of imidazole rings is 1. The van der Waals surface area contributed by atoms with Gasteiger partial charge < -0.3 is 0 Å². The van der Waals surface area contributed by atoms with Gasteiger partial charge in [0.1, 0.15) is 5.82 Å². The van der Waals surface area contributed by atoms with Crippen LogP contribution in [0.2, 0.25) is 0 Å². The summed E-state index contributed by atoms with van der Waals surface area (Å²) in [5, 5.41) is 0. The van der Waals surface area contributed by atoms with E-state index in [0.29, 0.717) is 0 Å². The van der Waals surface area contributed by atoms with E-state index in [0.717, 1.165) is 26.5 Å². The topological polar surface area (TPSA) is 30.2 Å². The van der Waals surface area contributed by atoms with E-state index in [1.54, 1.807) is 0 Å². The quantitative estimate of drug-likeness (QED) is 0.687. The molecule has 0 saturated carbocycles. The zero-order chi connectivity index (χ0) is 11.1. The third kappa shape index (κ3) is 1.56. The first-order chi connectivity index (χ1) is 7.74. The number of fused-ring (bicyclic) bond motifs is 1. The molecule has 0 N–H and O–H groups in total. The van der Waals surface area contributed by atoms with Gasteiger partial charge in [-0.3, -0.25) is 4.40 Å². The Hall–Kier alpha value is -1.20. The third-order valence-corrected chi connectivity index (χ3v) is 3.70. The monoisotopic (exact) mass is 293 g/mol. The number of aromatic nitrogens is 3. The van der Waals surface area contributed by atoms with E-state index in [4.69, 9.17) is 0 Å². The summed E-state index contributed by atoms with van der Waals surface area (Å²) in [5.74, 6) is 0.980. The van der Waals surface area contributed by atoms with Crippen LogP contribution in [0.25, 0.3) is 16.2 Å². The van der Waals surface area contributed by atoms with E-state index in [1.807, 2.05) is 29.7 Å². The molecule has 0 aliphatic heterocycles. The first kappa shape index (κ1) is 9.99. The minimum absolute atomic E-state index is 0.937. The number of benzene rings is 1. The van der Waals surface area contributed by atoms with Crippen molar-refractivity contribution in [3.8, 4) is 11.3 Å². The molecule has 0 aliphatic rings. The van der Waals surface area contributed by atoms with E-state index >= 15 is 0 Å². The van der Waals surface area contributed by atoms with Crippen LogP contribution in [0, 0.1) is 6.92 Å². The summed E-state index contributed by atoms with van der Waals surface area (Å²) in [6.07, 6.45) is 2.02. The third-order valence-electron chi connectivity index (χ3n) is 2.40. The van der Waals surface area contributed by atoms with Crippen molar-refractivity contribution in [3.05, 3.63) is 40.8 Å². The molecule has 0 fully saturated rings. The largest absolute Gasteiger partial charge is 0.277 e. The number of hydrogen-bond donors (Lipinski definition) is 0. The van der Waals surface area contributed by atoms with Crippen LogP contribution < -0.4 is 0 Å². The molecule has 80 valence electrons. The zero-order valence-corrected chi connectivity index (χ0v) is 10.9. The molecule has 0 radical (unpaired) electrons. The average Bonchev–Trinajstić information content (AvgIpc) is 2.81. The van der Waals surface area contributed by atoms with Gasteiger partial charge in [0.05, 0.1) is 5.69 Å². The van der Waals surface area contributed by atoms with E-state index in [2.05, 4.69) is 37.4 Å². The van der Waals surface area contributed by atoms with Gasteiger partial charge in [0, 0.05) is 27.8 Å². The Kier molecular flexibility index (Phi) is 2.29. The molecule has 3 nitrogen and oxygen atoms in total. The van der Waals surface area contributed by atoms with Gasteiger partial charge in [0.15, 0.2) is 0 Å². The number of hydrogen-bond acceptors (Lipinski definition) is 3. The zero-order valence-electron chi connectivity index (χ0n) is 8.51. The summed E-state index contributed by atoms with van der Waals surface area (Å²) in [7, 11) is 0. The molecule has 3 aromatic rings. The first-order valence-electron chi connectivity index (χ1n) is 4.81. The van der Waals surface area contributed by atoms with Gasteiger partial charge in [0.2, 0.25) is 4.96 Å². The molecule has 16 heavy (non-hydrogen) atoms. The number of rotatable bonds is 1. The van der Waals surface area contributed by atoms with Crippen LogP contribution in [-0.4, -0.2) is 13.8 Å². The van der Waals surface area contributed by atoms with Gasteiger partial charge in [-0.15, -0.1) is 0 Å². The SMILES string of the molecule is Cc1nsc2nc(-c3cccc(Br)c3)cn12. The van der Waals surface area contributed by atoms with Gasteiger partial charge >= 0.3 is 0 Å². The first-order valence-corrected chi connectivity index (χ1v) is 6.38. The number of nitrogens with zero attached hydrogens (tertiary/aromatic N) is 3. The molecule has 5 heteroatoms. The molecule has 2 heterocycles. The van der Waals surface area contributed by atoms with Crippen molar-refractivity contribution in [2.45, 2.75) is 6.92 Å². The molecule has 3 rings (SSSR count). The molecule has 1 aromatic carbocycles. The van der Waals surface area contributed by atoms with Crippen LogP contribution in [0.1, 0.15) is 5.82 Å². The molecular formula is C11H8BrN3S. The Labute approximate surface area is 105 Å². The fourth-order valence-corrected chi connectivity index (χ4v) is 2.71. The van der Waals surface area contributed by atoms with Gasteiger partial charge in [-0.05, 0) is 19.1 Å². The van der Waals surface area contributed by atoms with Crippen LogP contribution >= 0.6 is 27.5 Å². The van der Waals surface area contributed by atoms with Crippen LogP contribution in [0.15, 0.2) is 34.9 Å². The molecule has 0 unspecified atom stereocenters. The van der Waals surface area contributed by atoms with Crippen LogP contribution in [0.3, 0.4) is 0 Å². The van der Waals surface area contributed by atoms with Crippen LogP contribution in [0.5, 0.6) is 0 Å². The van der Waals surface area contributed by atoms with Crippen LogP contribution in [-0.2, 0) is 0 Å². The van der Waals surface area contributed by atoms with Crippen molar-refractivity contribution < 1.29 is 0 Å². The highest BCUT2D eigenvalue weighted by atomic mass is 79.9. The highest BCUT2D eigenvalue weighted by Gasteiger charge is 2.08. The molecule has 0 atom stereocenters. The van der Waals surface area contributed by atoms with Crippen molar-refractivity contribution >= 4 is 32.4 Å². The lowest BCUT2D eigenvalue weighted by Gasteiger charge is -1.96. The van der Waals surface area contributed by atoms with E-state index in [1.165, 1.54) is 11.5 Å². The number of halogens is 1. The maximum absolute atomic E-state index is 4.54. The standard InChI is InChI=1S/C11H8BrN3S/c1-7-14-16-11-13-10(6-15(7)11)8-3-2-4-9(12)5-8/h2-6H,1H3. The Morgan fingerprint density at radius 2 is 2.25 bits per heavy atom. The summed E-state index contributed by atoms with van der Waals surface area (Å²) in [6.45, 7) is 1.98. The lowest BCUT2D eigenvalue weighted by Crippen LogP contribution is -1.81. The van der Waals surface area contributed by atoms with Crippen molar-refractivity contribution in [1.29, 1.82) is 0 Å². The minimum atomic E-state index is 0.937. The van der Waals surface area contributed by atoms with Crippen molar-refractivity contribution in [3.63, 3.8) is 0 Å². The number of aryl methyl sites for hydroxylation is 1. The van der Waals surface area contributed by atoms with Gasteiger partial charge in [0.25, 0.3) is 0 Å². The minimum Gasteiger partial charge on any atom is -0.277 e. The van der Waals surface area contributed by atoms with Gasteiger partial charge in [-0.25, -0.2) is 4.98 Å². The van der Waals surface area contributed by atoms with Gasteiger partial charge in [-0.2, -0.15) is 4.37 Å². The molecule has 0 amide bonds. The molecule has 0 spiro atoms. The average molecular weight is 294 g/mol. The fourth-order valence-electron chi connectivity index (χ4n) is 1.60. The molecule has 0 bridgehead atoms. The van der Waals surface area contributed by atoms with Gasteiger partial charge in [-0.1, -0.05) is 28.1 Å². The predicted molar refractivity (Wildman–Crippen MR) is 68.7 cm³/mol. The lowest BCUT2D eigenvalue weighted by atomic mass is 10.2. The summed E-state index contributed by atoms with van der Waals surface area (Å²) in [5.41, 5.74) is 2.10. The van der Waals surface area contributed by atoms with Crippen molar-refractivity contribution in [2.75, 3.05) is 0 Å². The summed E-state index contributed by atoms with van der Waals surface area (Å²) >= 11 is 4.89. The Morgan fingerprint density at radius 1 is 1.38 bits per heavy atom. The van der Waals surface area contributed by atoms with Crippen LogP contribution in [0.4, 0.5) is 0 Å². The van der Waals surface area contributed by atoms with E-state index in [-0.39, 0.29) is 0 Å². The Morgan fingerprint density at radius 3 is 3.00 bits per heavy atom. The fraction of sp³-hybridized carbons (Fsp3) is 0.0909. The van der Waals surface area contributed by atoms with E-state index < -0.39 is 0 Å². The molecular weight excluding hydrogens is 286 g/mol. The van der Waals surface area contributed by atoms with E-state index in [9.17, 15) is 0 Å². The highest BCUT2D eigenvalue weighted by Crippen LogP contribution is 2.24. The van der Waals surface area contributed by atoms with Crippen molar-refractivity contribution in [2.24, 2.45) is 0 Å². The normalized spacial score (nSPS) is 11.1. The highest BCUT2D eigenvalue weighted by molar-refractivity contribution is 9.10. The second-order valence-corrected chi connectivity index (χ2v) is 5.16.